The van der Waals surface area contributed by atoms with Crippen LogP contribution in [0.5, 0.6) is 0 Å². The smallest absolute Gasteiger partial charge is 0.500 e. The molecule has 1 amide bonds. The molecule has 2 unspecified atom stereocenters. The minimum Gasteiger partial charge on any atom is -0.778 e. The molecule has 0 rings (SSSR count). The zero-order chi connectivity index (χ0) is 27.6. The molecule has 0 bridgehead atoms. The highest BCUT2D eigenvalue weighted by Gasteiger charge is 2.40. The van der Waals surface area contributed by atoms with E-state index in [1.54, 1.807) is 21.1 Å². The molecule has 2 atom stereocenters. The van der Waals surface area contributed by atoms with Crippen LogP contribution in [0.4, 0.5) is 0 Å². The molecule has 0 saturated heterocycles. The number of hydrogen-bond donors (Lipinski definition) is 1. The molecule has 0 radical (unpaired) electrons. The average Bonchev–Trinajstić information content (AvgIpc) is 2.74. The van der Waals surface area contributed by atoms with Crippen molar-refractivity contribution in [2.45, 2.75) is 24.6 Å². The average molecular weight is 585 g/mol. The lowest BCUT2D eigenvalue weighted by molar-refractivity contribution is -0.873. The van der Waals surface area contributed by atoms with E-state index in [4.69, 9.17) is 31.1 Å². The predicted octanol–water partition coefficient (Wildman–Crippen LogP) is -0.776. The van der Waals surface area contributed by atoms with Crippen LogP contribution >= 0.6 is 7.60 Å². The minimum atomic E-state index is -4.52. The van der Waals surface area contributed by atoms with Crippen molar-refractivity contribution in [2.75, 3.05) is 82.3 Å². The summed E-state index contributed by atoms with van der Waals surface area (Å²) in [7, 11) is -1.59. The standard InChI is InChI=1S/C17H41N2O12PSSi2/c1-19(2,3)14-16(31-32(21,22)11-13-35(28-7,29-8)30-9)15-33(23,24)18-17(20)10-12-34(25-4,26-5)27-6/h16H,10-15H2,1-9H3,(H-,18,20,21,22). The van der Waals surface area contributed by atoms with E-state index in [0.29, 0.717) is 0 Å². The highest BCUT2D eigenvalue weighted by atomic mass is 32.2. The third-order valence-corrected chi connectivity index (χ3v) is 13.6. The van der Waals surface area contributed by atoms with Gasteiger partial charge in [-0.15, -0.1) is 0 Å². The fraction of sp³-hybridized carbons (Fsp3) is 0.941. The Hall–Kier alpha value is -0.276. The van der Waals surface area contributed by atoms with Crippen LogP contribution in [0.15, 0.2) is 0 Å². The van der Waals surface area contributed by atoms with Gasteiger partial charge in [0.1, 0.15) is 26.0 Å². The molecule has 0 aliphatic rings. The second-order valence-corrected chi connectivity index (χ2v) is 18.5. The summed E-state index contributed by atoms with van der Waals surface area (Å²) < 4.78 is 76.8. The van der Waals surface area contributed by atoms with Crippen molar-refractivity contribution in [3.8, 4) is 0 Å². The quantitative estimate of drug-likeness (QED) is 0.114. The Morgan fingerprint density at radius 3 is 1.74 bits per heavy atom. The van der Waals surface area contributed by atoms with E-state index in [1.165, 1.54) is 42.7 Å². The molecular weight excluding hydrogens is 543 g/mol. The van der Waals surface area contributed by atoms with Gasteiger partial charge in [0, 0.05) is 67.3 Å². The first kappa shape index (κ1) is 34.7. The third-order valence-electron chi connectivity index (χ3n) is 4.95. The number of amides is 1. The lowest BCUT2D eigenvalue weighted by Crippen LogP contribution is -2.48. The summed E-state index contributed by atoms with van der Waals surface area (Å²) >= 11 is 0. The number of nitrogens with one attached hydrogen (secondary N) is 1. The van der Waals surface area contributed by atoms with Gasteiger partial charge in [0.25, 0.3) is 0 Å². The van der Waals surface area contributed by atoms with Crippen molar-refractivity contribution in [1.82, 2.24) is 4.72 Å². The van der Waals surface area contributed by atoms with Gasteiger partial charge < -0.3 is 45.0 Å². The highest BCUT2D eigenvalue weighted by Crippen LogP contribution is 2.41. The van der Waals surface area contributed by atoms with Crippen LogP contribution in [-0.2, 0) is 50.5 Å². The summed E-state index contributed by atoms with van der Waals surface area (Å²) in [6.45, 7) is 0.0375. The monoisotopic (exact) mass is 584 g/mol. The molecule has 14 nitrogen and oxygen atoms in total. The maximum absolute atomic E-state index is 12.7. The number of quaternary nitrogens is 1. The van der Waals surface area contributed by atoms with Gasteiger partial charge in [-0.05, 0) is 0 Å². The van der Waals surface area contributed by atoms with E-state index in [0.717, 1.165) is 0 Å². The number of likely N-dealkylation sites (N-methyl/N-ethyl adjacent to an activating group) is 1. The Bertz CT molecular complexity index is 787. The molecule has 0 heterocycles. The molecule has 1 N–H and O–H groups in total. The first-order valence-electron chi connectivity index (χ1n) is 10.6. The molecule has 0 aromatic heterocycles. The fourth-order valence-corrected chi connectivity index (χ4v) is 10.1. The Kier molecular flexibility index (Phi) is 14.5. The van der Waals surface area contributed by atoms with Gasteiger partial charge in [-0.2, -0.15) is 0 Å². The Morgan fingerprint density at radius 2 is 1.34 bits per heavy atom. The van der Waals surface area contributed by atoms with E-state index < -0.39 is 59.2 Å². The third kappa shape index (κ3) is 13.2. The topological polar surface area (TPSA) is 168 Å². The Balaban J connectivity index is 5.38. The molecule has 35 heavy (non-hydrogen) atoms. The van der Waals surface area contributed by atoms with Gasteiger partial charge in [0.05, 0.1) is 21.1 Å². The normalized spacial score (nSPS) is 16.1. The van der Waals surface area contributed by atoms with Crippen molar-refractivity contribution in [1.29, 1.82) is 0 Å². The molecule has 0 aromatic rings. The van der Waals surface area contributed by atoms with Crippen LogP contribution in [0.3, 0.4) is 0 Å². The van der Waals surface area contributed by atoms with Gasteiger partial charge in [0.2, 0.25) is 15.9 Å². The van der Waals surface area contributed by atoms with E-state index in [-0.39, 0.29) is 29.5 Å². The van der Waals surface area contributed by atoms with Crippen LogP contribution in [0, 0.1) is 0 Å². The van der Waals surface area contributed by atoms with Crippen molar-refractivity contribution < 1.29 is 58.2 Å². The van der Waals surface area contributed by atoms with Crippen molar-refractivity contribution >= 4 is 41.1 Å². The summed E-state index contributed by atoms with van der Waals surface area (Å²) in [6.07, 6.45) is -1.97. The number of rotatable bonds is 19. The predicted molar refractivity (Wildman–Crippen MR) is 130 cm³/mol. The van der Waals surface area contributed by atoms with Crippen LogP contribution in [0.1, 0.15) is 6.42 Å². The SMILES string of the molecule is CO[Si](CCC(=O)NS(=O)(=O)CC(C[N+](C)(C)C)OP(=O)([O-])CC[Si](OC)(OC)OC)(OC)OC. The van der Waals surface area contributed by atoms with Crippen molar-refractivity contribution in [3.05, 3.63) is 0 Å². The van der Waals surface area contributed by atoms with Crippen LogP contribution in [-0.4, -0.2) is 125 Å². The lowest BCUT2D eigenvalue weighted by atomic mass is 10.3. The van der Waals surface area contributed by atoms with E-state index in [2.05, 4.69) is 0 Å². The number of hydrogen-bond acceptors (Lipinski definition) is 12. The van der Waals surface area contributed by atoms with Gasteiger partial charge in [0.15, 0.2) is 0 Å². The second-order valence-electron chi connectivity index (χ2n) is 8.68. The number of nitrogens with zero attached hydrogens (tertiary/aromatic N) is 1. The van der Waals surface area contributed by atoms with Gasteiger partial charge in [-0.25, -0.2) is 8.42 Å². The molecule has 0 fully saturated rings. The highest BCUT2D eigenvalue weighted by molar-refractivity contribution is 7.90. The molecule has 18 heteroatoms. The minimum absolute atomic E-state index is 0.0375. The van der Waals surface area contributed by atoms with Gasteiger partial charge in [-0.3, -0.25) is 9.52 Å². The van der Waals surface area contributed by atoms with Crippen LogP contribution in [0.2, 0.25) is 12.1 Å². The first-order valence-corrected chi connectivity index (χ1v) is 17.8. The van der Waals surface area contributed by atoms with Gasteiger partial charge in [-0.1, -0.05) is 0 Å². The van der Waals surface area contributed by atoms with E-state index in [1.807, 2.05) is 4.72 Å². The molecular formula is C17H41N2O12PSSi2. The second kappa shape index (κ2) is 14.6. The summed E-state index contributed by atoms with van der Waals surface area (Å²) in [4.78, 5) is 25.0. The first-order chi connectivity index (χ1) is 16.0. The molecule has 0 spiro atoms. The maximum Gasteiger partial charge on any atom is 0.500 e. The summed E-state index contributed by atoms with van der Waals surface area (Å²) in [6, 6.07) is -0.0292. The van der Waals surface area contributed by atoms with E-state index in [9.17, 15) is 22.7 Å². The Labute approximate surface area is 211 Å². The number of sulfonamides is 1. The Morgan fingerprint density at radius 1 is 0.914 bits per heavy atom. The molecule has 0 aliphatic carbocycles. The summed E-state index contributed by atoms with van der Waals surface area (Å²) in [5, 5.41) is 0. The number of carbonyl (C=O) groups is 1. The van der Waals surface area contributed by atoms with Crippen molar-refractivity contribution in [2.24, 2.45) is 0 Å². The number of carbonyl (C=O) groups excluding carboxylic acids is 1. The van der Waals surface area contributed by atoms with Crippen LogP contribution in [0.25, 0.3) is 0 Å². The molecule has 0 aliphatic heterocycles. The lowest BCUT2D eigenvalue weighted by Gasteiger charge is -2.34. The molecule has 0 saturated carbocycles. The summed E-state index contributed by atoms with van der Waals surface area (Å²) in [5.74, 6) is -1.55. The van der Waals surface area contributed by atoms with Gasteiger partial charge >= 0.3 is 17.6 Å². The molecule has 210 valence electrons. The zero-order valence-electron chi connectivity index (χ0n) is 22.0. The summed E-state index contributed by atoms with van der Waals surface area (Å²) in [5.41, 5.74) is 0. The fourth-order valence-electron chi connectivity index (χ4n) is 3.17. The molecule has 0 aromatic carbocycles. The maximum atomic E-state index is 12.7. The zero-order valence-corrected chi connectivity index (χ0v) is 25.7. The van der Waals surface area contributed by atoms with Crippen molar-refractivity contribution in [3.63, 3.8) is 0 Å². The van der Waals surface area contributed by atoms with Crippen LogP contribution < -0.4 is 9.62 Å². The largest absolute Gasteiger partial charge is 0.778 e. The van der Waals surface area contributed by atoms with E-state index >= 15 is 0 Å².